The number of hydrogen-bond donors (Lipinski definition) is 2. The van der Waals surface area contributed by atoms with Gasteiger partial charge in [0.15, 0.2) is 0 Å². The van der Waals surface area contributed by atoms with Crippen LogP contribution in [0.25, 0.3) is 0 Å². The van der Waals surface area contributed by atoms with E-state index in [1.54, 1.807) is 12.1 Å². The largest absolute Gasteiger partial charge is 0.372 e. The molecule has 3 rings (SSSR count). The Balaban J connectivity index is 1.65. The highest BCUT2D eigenvalue weighted by Gasteiger charge is 2.26. The Kier molecular flexibility index (Phi) is 7.10. The normalized spacial score (nSPS) is 20.1. The van der Waals surface area contributed by atoms with Gasteiger partial charge in [0.1, 0.15) is 5.82 Å². The standard InChI is InChI=1S/C22H28FN3O3S/c1-13(2)20(19-6-5-9-30-19)25-22(28)21(27)24-16-7-8-18(17(23)10-16)26-11-14(3)29-15(4)12-26/h5-10,13-15,20H,11-12H2,1-4H3,(H,24,27)(H,25,28). The molecule has 0 aliphatic carbocycles. The zero-order chi connectivity index (χ0) is 21.8. The molecule has 1 aliphatic heterocycles. The number of benzene rings is 1. The van der Waals surface area contributed by atoms with Crippen molar-refractivity contribution >= 4 is 34.5 Å². The Morgan fingerprint density at radius 3 is 2.43 bits per heavy atom. The lowest BCUT2D eigenvalue weighted by Crippen LogP contribution is -2.45. The second-order valence-corrected chi connectivity index (χ2v) is 8.97. The van der Waals surface area contributed by atoms with Crippen LogP contribution in [0, 0.1) is 11.7 Å². The average Bonchev–Trinajstić information content (AvgIpc) is 3.19. The minimum Gasteiger partial charge on any atom is -0.372 e. The van der Waals surface area contributed by atoms with E-state index in [0.717, 1.165) is 4.88 Å². The number of anilines is 2. The van der Waals surface area contributed by atoms with Crippen molar-refractivity contribution in [1.82, 2.24) is 5.32 Å². The fourth-order valence-corrected chi connectivity index (χ4v) is 4.59. The molecule has 2 aromatic rings. The van der Waals surface area contributed by atoms with Crippen molar-refractivity contribution in [3.63, 3.8) is 0 Å². The molecule has 30 heavy (non-hydrogen) atoms. The maximum Gasteiger partial charge on any atom is 0.313 e. The number of carbonyl (C=O) groups excluding carboxylic acids is 2. The molecule has 162 valence electrons. The molecule has 8 heteroatoms. The zero-order valence-corrected chi connectivity index (χ0v) is 18.5. The SMILES string of the molecule is CC1CN(c2ccc(NC(=O)C(=O)NC(c3cccs3)C(C)C)cc2F)CC(C)O1. The monoisotopic (exact) mass is 433 g/mol. The van der Waals surface area contributed by atoms with Crippen LogP contribution in [-0.2, 0) is 14.3 Å². The quantitative estimate of drug-likeness (QED) is 0.701. The number of ether oxygens (including phenoxy) is 1. The van der Waals surface area contributed by atoms with Gasteiger partial charge < -0.3 is 20.3 Å². The van der Waals surface area contributed by atoms with E-state index in [0.29, 0.717) is 18.8 Å². The Morgan fingerprint density at radius 2 is 1.87 bits per heavy atom. The van der Waals surface area contributed by atoms with E-state index in [1.165, 1.54) is 17.4 Å². The highest BCUT2D eigenvalue weighted by Crippen LogP contribution is 2.27. The van der Waals surface area contributed by atoms with Crippen molar-refractivity contribution in [3.05, 3.63) is 46.4 Å². The summed E-state index contributed by atoms with van der Waals surface area (Å²) in [6, 6.07) is 8.04. The summed E-state index contributed by atoms with van der Waals surface area (Å²) in [6.45, 7) is 9.04. The van der Waals surface area contributed by atoms with Crippen LogP contribution < -0.4 is 15.5 Å². The van der Waals surface area contributed by atoms with Crippen molar-refractivity contribution < 1.29 is 18.7 Å². The number of nitrogens with one attached hydrogen (secondary N) is 2. The van der Waals surface area contributed by atoms with E-state index in [-0.39, 0.29) is 29.9 Å². The van der Waals surface area contributed by atoms with E-state index in [9.17, 15) is 14.0 Å². The molecule has 3 unspecified atom stereocenters. The number of nitrogens with zero attached hydrogens (tertiary/aromatic N) is 1. The summed E-state index contributed by atoms with van der Waals surface area (Å²) in [5, 5.41) is 7.19. The van der Waals surface area contributed by atoms with Gasteiger partial charge in [-0.3, -0.25) is 9.59 Å². The topological polar surface area (TPSA) is 70.7 Å². The minimum absolute atomic E-state index is 0.00785. The first kappa shape index (κ1) is 22.2. The number of thiophene rings is 1. The van der Waals surface area contributed by atoms with E-state index in [2.05, 4.69) is 10.6 Å². The molecular weight excluding hydrogens is 405 g/mol. The van der Waals surface area contributed by atoms with E-state index >= 15 is 0 Å². The second kappa shape index (κ2) is 9.57. The van der Waals surface area contributed by atoms with Gasteiger partial charge in [-0.2, -0.15) is 0 Å². The first-order valence-corrected chi connectivity index (χ1v) is 11.0. The molecular formula is C22H28FN3O3S. The Bertz CT molecular complexity index is 878. The zero-order valence-electron chi connectivity index (χ0n) is 17.6. The molecule has 3 atom stereocenters. The highest BCUT2D eigenvalue weighted by atomic mass is 32.1. The van der Waals surface area contributed by atoms with Gasteiger partial charge in [0, 0.05) is 23.7 Å². The number of hydrogen-bond acceptors (Lipinski definition) is 5. The van der Waals surface area contributed by atoms with Crippen LogP contribution in [-0.4, -0.2) is 37.1 Å². The summed E-state index contributed by atoms with van der Waals surface area (Å²) in [5.74, 6) is -1.90. The van der Waals surface area contributed by atoms with Crippen LogP contribution in [0.5, 0.6) is 0 Å². The predicted molar refractivity (Wildman–Crippen MR) is 117 cm³/mol. The van der Waals surface area contributed by atoms with Gasteiger partial charge in [0.25, 0.3) is 0 Å². The summed E-state index contributed by atoms with van der Waals surface area (Å²) in [4.78, 5) is 27.7. The maximum absolute atomic E-state index is 14.7. The molecule has 2 N–H and O–H groups in total. The molecule has 1 saturated heterocycles. The van der Waals surface area contributed by atoms with E-state index < -0.39 is 17.6 Å². The molecule has 0 spiro atoms. The average molecular weight is 434 g/mol. The molecule has 2 amide bonds. The molecule has 0 saturated carbocycles. The number of morpholine rings is 1. The van der Waals surface area contributed by atoms with Crippen LogP contribution >= 0.6 is 11.3 Å². The smallest absolute Gasteiger partial charge is 0.313 e. The molecule has 0 bridgehead atoms. The van der Waals surface area contributed by atoms with Gasteiger partial charge in [-0.05, 0) is 49.4 Å². The van der Waals surface area contributed by atoms with Gasteiger partial charge in [0.2, 0.25) is 0 Å². The minimum atomic E-state index is -0.821. The Labute approximate surface area is 180 Å². The van der Waals surface area contributed by atoms with Crippen molar-refractivity contribution in [1.29, 1.82) is 0 Å². The lowest BCUT2D eigenvalue weighted by molar-refractivity contribution is -0.136. The third-order valence-electron chi connectivity index (χ3n) is 4.98. The summed E-state index contributed by atoms with van der Waals surface area (Å²) >= 11 is 1.52. The fraction of sp³-hybridized carbons (Fsp3) is 0.455. The third-order valence-corrected chi connectivity index (χ3v) is 5.93. The lowest BCUT2D eigenvalue weighted by Gasteiger charge is -2.37. The lowest BCUT2D eigenvalue weighted by atomic mass is 10.0. The van der Waals surface area contributed by atoms with Gasteiger partial charge in [-0.1, -0.05) is 19.9 Å². The number of halogens is 1. The number of rotatable bonds is 5. The highest BCUT2D eigenvalue weighted by molar-refractivity contribution is 7.10. The molecule has 1 aromatic heterocycles. The Morgan fingerprint density at radius 1 is 1.17 bits per heavy atom. The second-order valence-electron chi connectivity index (χ2n) is 7.99. The summed E-state index contributed by atoms with van der Waals surface area (Å²) in [6.07, 6.45) is 0.0157. The van der Waals surface area contributed by atoms with Crippen LogP contribution in [0.3, 0.4) is 0 Å². The maximum atomic E-state index is 14.7. The summed E-state index contributed by atoms with van der Waals surface area (Å²) in [7, 11) is 0. The van der Waals surface area contributed by atoms with Crippen LogP contribution in [0.2, 0.25) is 0 Å². The molecule has 0 radical (unpaired) electrons. The van der Waals surface area contributed by atoms with E-state index in [1.807, 2.05) is 50.1 Å². The first-order valence-electron chi connectivity index (χ1n) is 10.1. The number of carbonyl (C=O) groups is 2. The summed E-state index contributed by atoms with van der Waals surface area (Å²) < 4.78 is 20.4. The van der Waals surface area contributed by atoms with Crippen molar-refractivity contribution in [2.24, 2.45) is 5.92 Å². The molecule has 2 heterocycles. The summed E-state index contributed by atoms with van der Waals surface area (Å²) in [5.41, 5.74) is 0.694. The van der Waals surface area contributed by atoms with Gasteiger partial charge >= 0.3 is 11.8 Å². The van der Waals surface area contributed by atoms with Gasteiger partial charge in [-0.25, -0.2) is 4.39 Å². The third kappa shape index (κ3) is 5.37. The first-order chi connectivity index (χ1) is 14.2. The molecule has 1 aliphatic rings. The van der Waals surface area contributed by atoms with Crippen molar-refractivity contribution in [2.75, 3.05) is 23.3 Å². The molecule has 6 nitrogen and oxygen atoms in total. The number of amides is 2. The van der Waals surface area contributed by atoms with E-state index in [4.69, 9.17) is 4.74 Å². The molecule has 1 fully saturated rings. The van der Waals surface area contributed by atoms with Gasteiger partial charge in [0.05, 0.1) is 23.9 Å². The van der Waals surface area contributed by atoms with Gasteiger partial charge in [-0.15, -0.1) is 11.3 Å². The molecule has 1 aromatic carbocycles. The van der Waals surface area contributed by atoms with Crippen LogP contribution in [0.1, 0.15) is 38.6 Å². The Hall–Kier alpha value is -2.45. The van der Waals surface area contributed by atoms with Crippen LogP contribution in [0.15, 0.2) is 35.7 Å². The fourth-order valence-electron chi connectivity index (χ4n) is 3.64. The van der Waals surface area contributed by atoms with Crippen LogP contribution in [0.4, 0.5) is 15.8 Å². The van der Waals surface area contributed by atoms with Crippen molar-refractivity contribution in [2.45, 2.75) is 45.9 Å². The predicted octanol–water partition coefficient (Wildman–Crippen LogP) is 3.95. The van der Waals surface area contributed by atoms with Crippen molar-refractivity contribution in [3.8, 4) is 0 Å².